The number of phenols is 1. The third-order valence-electron chi connectivity index (χ3n) is 7.48. The van der Waals surface area contributed by atoms with E-state index in [1.165, 1.54) is 61.4 Å². The van der Waals surface area contributed by atoms with Gasteiger partial charge in [0.25, 0.3) is 0 Å². The van der Waals surface area contributed by atoms with Crippen molar-refractivity contribution >= 4 is 23.1 Å². The van der Waals surface area contributed by atoms with Gasteiger partial charge < -0.3 is 10.8 Å². The normalized spacial score (nSPS) is 29.7. The fraction of sp³-hybridized carbons (Fsp3) is 0.462. The second-order valence-electron chi connectivity index (χ2n) is 9.91. The van der Waals surface area contributed by atoms with Crippen molar-refractivity contribution in [2.24, 2.45) is 33.7 Å². The molecule has 31 heavy (non-hydrogen) atoms. The van der Waals surface area contributed by atoms with E-state index in [1.807, 2.05) is 24.3 Å². The zero-order valence-corrected chi connectivity index (χ0v) is 18.9. The first-order chi connectivity index (χ1) is 15.0. The molecule has 2 aromatic rings. The average molecular weight is 434 g/mol. The lowest BCUT2D eigenvalue weighted by atomic mass is 9.48. The lowest BCUT2D eigenvalue weighted by Gasteiger charge is -2.57. The van der Waals surface area contributed by atoms with Gasteiger partial charge in [-0.1, -0.05) is 48.2 Å². The van der Waals surface area contributed by atoms with Crippen LogP contribution >= 0.6 is 11.8 Å². The minimum atomic E-state index is 0.154. The highest BCUT2D eigenvalue weighted by atomic mass is 32.2. The molecule has 4 bridgehead atoms. The lowest BCUT2D eigenvalue weighted by Crippen LogP contribution is -2.48. The van der Waals surface area contributed by atoms with E-state index in [9.17, 15) is 5.11 Å². The highest BCUT2D eigenvalue weighted by Crippen LogP contribution is 2.62. The molecule has 4 nitrogen and oxygen atoms in total. The molecule has 0 heterocycles. The van der Waals surface area contributed by atoms with E-state index in [4.69, 9.17) is 5.73 Å². The molecule has 162 valence electrons. The van der Waals surface area contributed by atoms with Gasteiger partial charge in [0, 0.05) is 16.9 Å². The van der Waals surface area contributed by atoms with Crippen LogP contribution in [0.2, 0.25) is 0 Å². The van der Waals surface area contributed by atoms with E-state index in [0.29, 0.717) is 10.9 Å². The maximum Gasteiger partial charge on any atom is 0.180 e. The highest BCUT2D eigenvalue weighted by molar-refractivity contribution is 8.13. The van der Waals surface area contributed by atoms with E-state index < -0.39 is 0 Å². The summed E-state index contributed by atoms with van der Waals surface area (Å²) in [4.78, 5) is 0. The van der Waals surface area contributed by atoms with Gasteiger partial charge in [0.1, 0.15) is 5.75 Å². The molecule has 0 saturated heterocycles. The number of nitrogens with two attached hydrogens (primary N) is 1. The number of benzene rings is 2. The van der Waals surface area contributed by atoms with Crippen molar-refractivity contribution in [2.75, 3.05) is 0 Å². The summed E-state index contributed by atoms with van der Waals surface area (Å²) in [6.45, 7) is 2.11. The van der Waals surface area contributed by atoms with Crippen LogP contribution < -0.4 is 5.73 Å². The summed E-state index contributed by atoms with van der Waals surface area (Å²) in [7, 11) is 0. The summed E-state index contributed by atoms with van der Waals surface area (Å²) in [5.74, 6) is 3.68. The van der Waals surface area contributed by atoms with Crippen molar-refractivity contribution in [2.45, 2.75) is 56.6 Å². The Hall–Kier alpha value is -2.27. The maximum atomic E-state index is 11.2. The number of phenolic OH excluding ortho intramolecular Hbond substituents is 1. The number of thioether (sulfide) groups is 1. The predicted octanol–water partition coefficient (Wildman–Crippen LogP) is 5.75. The number of aryl methyl sites for hydroxylation is 1. The summed E-state index contributed by atoms with van der Waals surface area (Å²) in [6.07, 6.45) is 9.54. The SMILES string of the molecule is Cc1cc(C=NN=C(N)SCc2ccccc2)c(O)c(C23CC4CC(CC(C4)C2)C3)c1. The third-order valence-corrected chi connectivity index (χ3v) is 8.33. The largest absolute Gasteiger partial charge is 0.507 e. The molecule has 0 aliphatic heterocycles. The molecule has 5 heteroatoms. The smallest absolute Gasteiger partial charge is 0.180 e. The zero-order chi connectivity index (χ0) is 21.4. The van der Waals surface area contributed by atoms with E-state index in [0.717, 1.165) is 34.6 Å². The number of hydrogen-bond donors (Lipinski definition) is 2. The van der Waals surface area contributed by atoms with Crippen LogP contribution in [0.15, 0.2) is 52.7 Å². The van der Waals surface area contributed by atoms with Crippen molar-refractivity contribution in [1.82, 2.24) is 0 Å². The number of nitrogens with zero attached hydrogens (tertiary/aromatic N) is 2. The quantitative estimate of drug-likeness (QED) is 0.358. The summed E-state index contributed by atoms with van der Waals surface area (Å²) >= 11 is 1.47. The Morgan fingerprint density at radius 3 is 2.39 bits per heavy atom. The Morgan fingerprint density at radius 1 is 1.10 bits per heavy atom. The second-order valence-corrected chi connectivity index (χ2v) is 10.9. The molecular formula is C26H31N3OS. The van der Waals surface area contributed by atoms with Crippen LogP contribution in [-0.2, 0) is 11.2 Å². The van der Waals surface area contributed by atoms with Crippen molar-refractivity contribution < 1.29 is 5.11 Å². The van der Waals surface area contributed by atoms with Gasteiger partial charge in [-0.05, 0) is 85.8 Å². The minimum Gasteiger partial charge on any atom is -0.507 e. The molecule has 4 saturated carbocycles. The summed E-state index contributed by atoms with van der Waals surface area (Å²) < 4.78 is 0. The number of amidine groups is 1. The Morgan fingerprint density at radius 2 is 1.74 bits per heavy atom. The molecule has 0 aromatic heterocycles. The third kappa shape index (κ3) is 4.25. The number of aromatic hydroxyl groups is 1. The van der Waals surface area contributed by atoms with Gasteiger partial charge in [0.15, 0.2) is 5.17 Å². The van der Waals surface area contributed by atoms with Crippen LogP contribution in [0.3, 0.4) is 0 Å². The Kier molecular flexibility index (Phi) is 5.55. The van der Waals surface area contributed by atoms with E-state index in [1.54, 1.807) is 6.21 Å². The molecule has 0 amide bonds. The van der Waals surface area contributed by atoms with Crippen LogP contribution in [0.1, 0.15) is 60.8 Å². The molecule has 3 N–H and O–H groups in total. The first-order valence-electron chi connectivity index (χ1n) is 11.4. The van der Waals surface area contributed by atoms with Crippen LogP contribution in [0, 0.1) is 24.7 Å². The van der Waals surface area contributed by atoms with E-state index in [2.05, 4.69) is 35.3 Å². The standard InChI is InChI=1S/C26H31N3OS/c1-17-7-22(15-28-29-25(27)31-16-18-5-3-2-4-6-18)24(30)23(8-17)26-12-19-9-20(13-26)11-21(10-19)14-26/h2-8,15,19-21,30H,9-14,16H2,1H3,(H2,27,29). The van der Waals surface area contributed by atoms with Crippen molar-refractivity contribution in [3.63, 3.8) is 0 Å². The molecule has 4 aliphatic rings. The average Bonchev–Trinajstić information content (AvgIpc) is 2.74. The lowest BCUT2D eigenvalue weighted by molar-refractivity contribution is -0.00616. The van der Waals surface area contributed by atoms with Gasteiger partial charge in [-0.25, -0.2) is 0 Å². The Balaban J connectivity index is 1.34. The molecule has 0 unspecified atom stereocenters. The summed E-state index contributed by atoms with van der Waals surface area (Å²) in [5.41, 5.74) is 10.4. The molecule has 4 fully saturated rings. The second kappa shape index (κ2) is 8.34. The van der Waals surface area contributed by atoms with Gasteiger partial charge in [-0.2, -0.15) is 5.10 Å². The summed E-state index contributed by atoms with van der Waals surface area (Å²) in [6, 6.07) is 14.4. The molecule has 0 atom stereocenters. The summed E-state index contributed by atoms with van der Waals surface area (Å²) in [5, 5.41) is 20.0. The molecule has 0 spiro atoms. The van der Waals surface area contributed by atoms with Crippen LogP contribution in [0.4, 0.5) is 0 Å². The van der Waals surface area contributed by atoms with Gasteiger partial charge in [-0.15, -0.1) is 5.10 Å². The molecular weight excluding hydrogens is 402 g/mol. The topological polar surface area (TPSA) is 71.0 Å². The first kappa shape index (κ1) is 20.6. The van der Waals surface area contributed by atoms with Gasteiger partial charge >= 0.3 is 0 Å². The van der Waals surface area contributed by atoms with Gasteiger partial charge in [-0.3, -0.25) is 0 Å². The molecule has 2 aromatic carbocycles. The zero-order valence-electron chi connectivity index (χ0n) is 18.1. The van der Waals surface area contributed by atoms with Crippen LogP contribution in [-0.4, -0.2) is 16.5 Å². The van der Waals surface area contributed by atoms with E-state index >= 15 is 0 Å². The van der Waals surface area contributed by atoms with Crippen LogP contribution in [0.25, 0.3) is 0 Å². The van der Waals surface area contributed by atoms with Crippen LogP contribution in [0.5, 0.6) is 5.75 Å². The molecule has 0 radical (unpaired) electrons. The molecule has 6 rings (SSSR count). The van der Waals surface area contributed by atoms with Gasteiger partial charge in [0.05, 0.1) is 6.21 Å². The van der Waals surface area contributed by atoms with Crippen molar-refractivity contribution in [1.29, 1.82) is 0 Å². The van der Waals surface area contributed by atoms with Crippen molar-refractivity contribution in [3.05, 3.63) is 64.7 Å². The highest BCUT2D eigenvalue weighted by Gasteiger charge is 2.52. The number of rotatable bonds is 5. The maximum absolute atomic E-state index is 11.2. The number of hydrogen-bond acceptors (Lipinski definition) is 4. The Labute approximate surface area is 189 Å². The Bertz CT molecular complexity index is 980. The monoisotopic (exact) mass is 433 g/mol. The molecule has 4 aliphatic carbocycles. The minimum absolute atomic E-state index is 0.154. The fourth-order valence-corrected chi connectivity index (χ4v) is 7.27. The first-order valence-corrected chi connectivity index (χ1v) is 12.4. The van der Waals surface area contributed by atoms with Crippen molar-refractivity contribution in [3.8, 4) is 5.75 Å². The fourth-order valence-electron chi connectivity index (χ4n) is 6.66. The van der Waals surface area contributed by atoms with Gasteiger partial charge in [0.2, 0.25) is 0 Å². The predicted molar refractivity (Wildman–Crippen MR) is 130 cm³/mol. The van der Waals surface area contributed by atoms with E-state index in [-0.39, 0.29) is 5.41 Å².